The predicted octanol–water partition coefficient (Wildman–Crippen LogP) is 1.96. The number of alkyl halides is 1. The molecule has 0 aromatic carbocycles. The van der Waals surface area contributed by atoms with E-state index in [1.807, 2.05) is 0 Å². The Morgan fingerprint density at radius 1 is 1.25 bits per heavy atom. The largest absolute Gasteiger partial charge is 0.348 e. The highest BCUT2D eigenvalue weighted by Crippen LogP contribution is 2.36. The van der Waals surface area contributed by atoms with E-state index >= 15 is 0 Å². The lowest BCUT2D eigenvalue weighted by Crippen LogP contribution is -2.43. The second kappa shape index (κ2) is 5.43. The molecule has 1 heterocycles. The molecule has 0 amide bonds. The molecule has 1 saturated heterocycles. The van der Waals surface area contributed by atoms with Crippen molar-refractivity contribution >= 4 is 0 Å². The summed E-state index contributed by atoms with van der Waals surface area (Å²) >= 11 is 0. The monoisotopic (exact) mass is 231 g/mol. The average Bonchev–Trinajstić information content (AvgIpc) is 2.75. The third-order valence-electron chi connectivity index (χ3n) is 3.80. The van der Waals surface area contributed by atoms with Gasteiger partial charge in [0.15, 0.2) is 5.79 Å². The van der Waals surface area contributed by atoms with Crippen LogP contribution in [0, 0.1) is 0 Å². The summed E-state index contributed by atoms with van der Waals surface area (Å²) < 4.78 is 23.5. The SMILES string of the molecule is CN(CCCF)C1CCC2(CC1)OCCO2. The molecule has 2 aliphatic rings. The fraction of sp³-hybridized carbons (Fsp3) is 1.00. The summed E-state index contributed by atoms with van der Waals surface area (Å²) in [6.07, 6.45) is 4.81. The summed E-state index contributed by atoms with van der Waals surface area (Å²) in [5.41, 5.74) is 0. The minimum Gasteiger partial charge on any atom is -0.348 e. The first-order valence-corrected chi connectivity index (χ1v) is 6.30. The van der Waals surface area contributed by atoms with Gasteiger partial charge in [0.25, 0.3) is 0 Å². The number of halogens is 1. The fourth-order valence-electron chi connectivity index (χ4n) is 2.76. The van der Waals surface area contributed by atoms with Gasteiger partial charge in [-0.15, -0.1) is 0 Å². The second-order valence-electron chi connectivity index (χ2n) is 4.86. The Labute approximate surface area is 96.9 Å². The standard InChI is InChI=1S/C12H22FNO2/c1-14(8-2-7-13)11-3-5-12(6-4-11)15-9-10-16-12/h11H,2-10H2,1H3. The first kappa shape index (κ1) is 12.3. The lowest BCUT2D eigenvalue weighted by Gasteiger charge is -2.39. The zero-order valence-electron chi connectivity index (χ0n) is 10.1. The van der Waals surface area contributed by atoms with Crippen molar-refractivity contribution in [3.05, 3.63) is 0 Å². The molecule has 0 aromatic rings. The van der Waals surface area contributed by atoms with E-state index in [1.165, 1.54) is 0 Å². The van der Waals surface area contributed by atoms with Crippen LogP contribution in [0.4, 0.5) is 4.39 Å². The van der Waals surface area contributed by atoms with Crippen LogP contribution in [0.25, 0.3) is 0 Å². The predicted molar refractivity (Wildman–Crippen MR) is 60.1 cm³/mol. The van der Waals surface area contributed by atoms with E-state index in [9.17, 15) is 4.39 Å². The highest BCUT2D eigenvalue weighted by atomic mass is 19.1. The second-order valence-corrected chi connectivity index (χ2v) is 4.86. The maximum absolute atomic E-state index is 12.1. The minimum absolute atomic E-state index is 0.215. The number of hydrogen-bond acceptors (Lipinski definition) is 3. The molecule has 1 aliphatic carbocycles. The molecular weight excluding hydrogens is 209 g/mol. The van der Waals surface area contributed by atoms with Crippen molar-refractivity contribution in [1.29, 1.82) is 0 Å². The maximum atomic E-state index is 12.1. The van der Waals surface area contributed by atoms with Crippen LogP contribution < -0.4 is 0 Å². The first-order valence-electron chi connectivity index (χ1n) is 6.30. The number of ether oxygens (including phenoxy) is 2. The maximum Gasteiger partial charge on any atom is 0.168 e. The van der Waals surface area contributed by atoms with Gasteiger partial charge in [0, 0.05) is 25.4 Å². The van der Waals surface area contributed by atoms with E-state index in [-0.39, 0.29) is 12.5 Å². The van der Waals surface area contributed by atoms with Crippen LogP contribution in [0.5, 0.6) is 0 Å². The summed E-state index contributed by atoms with van der Waals surface area (Å²) in [5, 5.41) is 0. The van der Waals surface area contributed by atoms with Gasteiger partial charge in [0.1, 0.15) is 0 Å². The fourth-order valence-corrected chi connectivity index (χ4v) is 2.76. The summed E-state index contributed by atoms with van der Waals surface area (Å²) in [6.45, 7) is 2.12. The Bertz CT molecular complexity index is 209. The first-order chi connectivity index (χ1) is 7.76. The van der Waals surface area contributed by atoms with Gasteiger partial charge in [0.05, 0.1) is 19.9 Å². The van der Waals surface area contributed by atoms with Gasteiger partial charge in [-0.05, 0) is 26.3 Å². The topological polar surface area (TPSA) is 21.7 Å². The van der Waals surface area contributed by atoms with Crippen molar-refractivity contribution in [2.24, 2.45) is 0 Å². The average molecular weight is 231 g/mol. The number of hydrogen-bond donors (Lipinski definition) is 0. The summed E-state index contributed by atoms with van der Waals surface area (Å²) in [6, 6.07) is 0.574. The van der Waals surface area contributed by atoms with Gasteiger partial charge in [0.2, 0.25) is 0 Å². The molecular formula is C12H22FNO2. The lowest BCUT2D eigenvalue weighted by atomic mass is 9.89. The Kier molecular flexibility index (Phi) is 4.16. The molecule has 0 aromatic heterocycles. The van der Waals surface area contributed by atoms with Gasteiger partial charge in [-0.2, -0.15) is 0 Å². The quantitative estimate of drug-likeness (QED) is 0.738. The van der Waals surface area contributed by atoms with E-state index in [4.69, 9.17) is 9.47 Å². The van der Waals surface area contributed by atoms with Crippen LogP contribution in [-0.2, 0) is 9.47 Å². The molecule has 0 radical (unpaired) electrons. The van der Waals surface area contributed by atoms with Gasteiger partial charge >= 0.3 is 0 Å². The molecule has 0 atom stereocenters. The van der Waals surface area contributed by atoms with E-state index in [0.717, 1.165) is 45.4 Å². The Morgan fingerprint density at radius 3 is 2.44 bits per heavy atom. The third-order valence-corrected chi connectivity index (χ3v) is 3.80. The summed E-state index contributed by atoms with van der Waals surface area (Å²) in [5.74, 6) is -0.266. The minimum atomic E-state index is -0.266. The molecule has 0 unspecified atom stereocenters. The molecule has 0 N–H and O–H groups in total. The highest BCUT2D eigenvalue weighted by molar-refractivity contribution is 4.85. The summed E-state index contributed by atoms with van der Waals surface area (Å²) in [4.78, 5) is 2.28. The van der Waals surface area contributed by atoms with Crippen molar-refractivity contribution in [3.63, 3.8) is 0 Å². The van der Waals surface area contributed by atoms with Crippen molar-refractivity contribution in [1.82, 2.24) is 4.90 Å². The van der Waals surface area contributed by atoms with Crippen LogP contribution >= 0.6 is 0 Å². The Balaban J connectivity index is 1.75. The zero-order chi connectivity index (χ0) is 11.4. The van der Waals surface area contributed by atoms with Crippen molar-refractivity contribution in [3.8, 4) is 0 Å². The van der Waals surface area contributed by atoms with Gasteiger partial charge in [-0.3, -0.25) is 4.39 Å². The molecule has 3 nitrogen and oxygen atoms in total. The molecule has 1 aliphatic heterocycles. The molecule has 94 valence electrons. The molecule has 1 saturated carbocycles. The van der Waals surface area contributed by atoms with E-state index < -0.39 is 0 Å². The normalized spacial score (nSPS) is 25.7. The van der Waals surface area contributed by atoms with Crippen LogP contribution in [0.3, 0.4) is 0 Å². The molecule has 2 fully saturated rings. The van der Waals surface area contributed by atoms with Crippen molar-refractivity contribution < 1.29 is 13.9 Å². The zero-order valence-corrected chi connectivity index (χ0v) is 10.1. The molecule has 1 spiro atoms. The van der Waals surface area contributed by atoms with Gasteiger partial charge in [-0.25, -0.2) is 0 Å². The molecule has 2 rings (SSSR count). The van der Waals surface area contributed by atoms with E-state index in [2.05, 4.69) is 11.9 Å². The third kappa shape index (κ3) is 2.73. The van der Waals surface area contributed by atoms with Crippen LogP contribution in [0.2, 0.25) is 0 Å². The number of rotatable bonds is 4. The summed E-state index contributed by atoms with van der Waals surface area (Å²) in [7, 11) is 2.09. The molecule has 16 heavy (non-hydrogen) atoms. The van der Waals surface area contributed by atoms with E-state index in [0.29, 0.717) is 12.5 Å². The number of nitrogens with zero attached hydrogens (tertiary/aromatic N) is 1. The Morgan fingerprint density at radius 2 is 1.88 bits per heavy atom. The van der Waals surface area contributed by atoms with Crippen molar-refractivity contribution in [2.75, 3.05) is 33.5 Å². The lowest BCUT2D eigenvalue weighted by molar-refractivity contribution is -0.183. The van der Waals surface area contributed by atoms with Crippen LogP contribution in [0.1, 0.15) is 32.1 Å². The molecule has 4 heteroatoms. The smallest absolute Gasteiger partial charge is 0.168 e. The highest BCUT2D eigenvalue weighted by Gasteiger charge is 2.40. The van der Waals surface area contributed by atoms with Crippen LogP contribution in [0.15, 0.2) is 0 Å². The van der Waals surface area contributed by atoms with Crippen molar-refractivity contribution in [2.45, 2.75) is 43.9 Å². The van der Waals surface area contributed by atoms with Gasteiger partial charge in [-0.1, -0.05) is 0 Å². The van der Waals surface area contributed by atoms with Gasteiger partial charge < -0.3 is 14.4 Å². The Hall–Kier alpha value is -0.190. The van der Waals surface area contributed by atoms with Crippen LogP contribution in [-0.4, -0.2) is 50.2 Å². The molecule has 0 bridgehead atoms. The van der Waals surface area contributed by atoms with E-state index in [1.54, 1.807) is 0 Å².